The second-order valence-electron chi connectivity index (χ2n) is 6.92. The first-order valence-electron chi connectivity index (χ1n) is 7.98. The van der Waals surface area contributed by atoms with Crippen LogP contribution in [-0.2, 0) is 4.74 Å². The van der Waals surface area contributed by atoms with E-state index in [1.54, 1.807) is 6.20 Å². The number of piperidine rings is 1. The third-order valence-electron chi connectivity index (χ3n) is 4.93. The molecule has 1 unspecified atom stereocenters. The number of carbonyl (C=O) groups is 1. The molecule has 3 rings (SSSR count). The molecule has 1 spiro atoms. The predicted octanol–water partition coefficient (Wildman–Crippen LogP) is 1.93. The monoisotopic (exact) mass is 304 g/mol. The van der Waals surface area contributed by atoms with Gasteiger partial charge in [-0.25, -0.2) is 0 Å². The molecule has 1 aromatic heterocycles. The number of carbonyl (C=O) groups excluding carboxylic acids is 1. The first-order valence-corrected chi connectivity index (χ1v) is 7.98. The molecule has 2 saturated heterocycles. The lowest BCUT2D eigenvalue weighted by atomic mass is 9.78. The summed E-state index contributed by atoms with van der Waals surface area (Å²) >= 11 is 0. The van der Waals surface area contributed by atoms with Crippen molar-refractivity contribution in [3.05, 3.63) is 29.6 Å². The van der Waals surface area contributed by atoms with Crippen molar-refractivity contribution in [3.63, 3.8) is 0 Å². The fourth-order valence-corrected chi connectivity index (χ4v) is 3.62. The summed E-state index contributed by atoms with van der Waals surface area (Å²) in [6, 6.07) is 3.75. The molecule has 22 heavy (non-hydrogen) atoms. The smallest absolute Gasteiger partial charge is 0.272 e. The molecule has 1 aromatic rings. The third kappa shape index (κ3) is 3.01. The van der Waals surface area contributed by atoms with Crippen LogP contribution in [-0.4, -0.2) is 51.8 Å². The van der Waals surface area contributed by atoms with Gasteiger partial charge in [0.15, 0.2) is 0 Å². The van der Waals surface area contributed by atoms with Gasteiger partial charge in [-0.2, -0.15) is 0 Å². The van der Waals surface area contributed by atoms with E-state index in [-0.39, 0.29) is 11.5 Å². The van der Waals surface area contributed by atoms with Crippen molar-refractivity contribution in [1.29, 1.82) is 0 Å². The quantitative estimate of drug-likeness (QED) is 0.861. The van der Waals surface area contributed by atoms with Crippen molar-refractivity contribution in [3.8, 4) is 0 Å². The molecule has 2 fully saturated rings. The minimum Gasteiger partial charge on any atom is -0.390 e. The fourth-order valence-electron chi connectivity index (χ4n) is 3.62. The molecular weight excluding hydrogens is 280 g/mol. The number of amides is 1. The second kappa shape index (κ2) is 5.63. The third-order valence-corrected chi connectivity index (χ3v) is 4.93. The van der Waals surface area contributed by atoms with Gasteiger partial charge in [0, 0.05) is 25.7 Å². The molecular formula is C17H24N2O3. The average Bonchev–Trinajstić information content (AvgIpc) is 2.47. The summed E-state index contributed by atoms with van der Waals surface area (Å²) in [7, 11) is 0. The summed E-state index contributed by atoms with van der Waals surface area (Å²) < 4.78 is 5.99. The van der Waals surface area contributed by atoms with Crippen LogP contribution in [0.5, 0.6) is 0 Å². The summed E-state index contributed by atoms with van der Waals surface area (Å²) in [5.41, 5.74) is 0.527. The van der Waals surface area contributed by atoms with Gasteiger partial charge in [-0.05, 0) is 44.7 Å². The van der Waals surface area contributed by atoms with Crippen LogP contribution in [0.2, 0.25) is 0 Å². The Morgan fingerprint density at radius 3 is 2.73 bits per heavy atom. The number of hydrogen-bond acceptors (Lipinski definition) is 4. The Balaban J connectivity index is 1.67. The maximum atomic E-state index is 12.6. The van der Waals surface area contributed by atoms with E-state index in [4.69, 9.17) is 4.74 Å². The standard InChI is InChI=1S/C17H24N2O3/c1-13-4-3-8-18-14(13)15(20)19-9-5-17(6-10-19)12-16(2,21)7-11-22-17/h3-4,8,21H,5-7,9-12H2,1-2H3. The molecule has 0 aliphatic carbocycles. The van der Waals surface area contributed by atoms with Crippen LogP contribution in [0.1, 0.15) is 48.7 Å². The Bertz CT molecular complexity index is 563. The van der Waals surface area contributed by atoms with E-state index < -0.39 is 5.60 Å². The van der Waals surface area contributed by atoms with Crippen molar-refractivity contribution in [2.75, 3.05) is 19.7 Å². The number of rotatable bonds is 1. The number of ether oxygens (including phenoxy) is 1. The van der Waals surface area contributed by atoms with Gasteiger partial charge in [-0.1, -0.05) is 6.07 Å². The number of pyridine rings is 1. The fraction of sp³-hybridized carbons (Fsp3) is 0.647. The first kappa shape index (κ1) is 15.4. The van der Waals surface area contributed by atoms with Gasteiger partial charge in [-0.15, -0.1) is 0 Å². The highest BCUT2D eigenvalue weighted by molar-refractivity contribution is 5.93. The molecule has 0 aromatic carbocycles. The van der Waals surface area contributed by atoms with E-state index >= 15 is 0 Å². The summed E-state index contributed by atoms with van der Waals surface area (Å²) in [5, 5.41) is 10.3. The van der Waals surface area contributed by atoms with Gasteiger partial charge < -0.3 is 14.7 Å². The molecule has 5 nitrogen and oxygen atoms in total. The van der Waals surface area contributed by atoms with Gasteiger partial charge in [0.1, 0.15) is 5.69 Å². The predicted molar refractivity (Wildman–Crippen MR) is 82.7 cm³/mol. The van der Waals surface area contributed by atoms with Crippen LogP contribution >= 0.6 is 0 Å². The number of hydrogen-bond donors (Lipinski definition) is 1. The summed E-state index contributed by atoms with van der Waals surface area (Å²) in [5.74, 6) is -0.00415. The highest BCUT2D eigenvalue weighted by atomic mass is 16.5. The first-order chi connectivity index (χ1) is 10.4. The number of aliphatic hydroxyl groups is 1. The van der Waals surface area contributed by atoms with E-state index in [2.05, 4.69) is 4.98 Å². The molecule has 2 aliphatic rings. The highest BCUT2D eigenvalue weighted by Crippen LogP contribution is 2.39. The van der Waals surface area contributed by atoms with Gasteiger partial charge in [0.05, 0.1) is 17.8 Å². The Kier molecular flexibility index (Phi) is 3.95. The van der Waals surface area contributed by atoms with E-state index in [1.165, 1.54) is 0 Å². The summed E-state index contributed by atoms with van der Waals surface area (Å²) in [6.45, 7) is 5.70. The van der Waals surface area contributed by atoms with Crippen LogP contribution in [0, 0.1) is 6.92 Å². The maximum absolute atomic E-state index is 12.6. The highest BCUT2D eigenvalue weighted by Gasteiger charge is 2.45. The molecule has 5 heteroatoms. The topological polar surface area (TPSA) is 62.7 Å². The van der Waals surface area contributed by atoms with E-state index in [0.717, 1.165) is 18.4 Å². The summed E-state index contributed by atoms with van der Waals surface area (Å²) in [4.78, 5) is 18.7. The molecule has 0 saturated carbocycles. The largest absolute Gasteiger partial charge is 0.390 e. The molecule has 3 heterocycles. The van der Waals surface area contributed by atoms with Crippen LogP contribution in [0.4, 0.5) is 0 Å². The van der Waals surface area contributed by atoms with Crippen LogP contribution < -0.4 is 0 Å². The van der Waals surface area contributed by atoms with E-state index in [1.807, 2.05) is 30.9 Å². The Labute approximate surface area is 131 Å². The minimum absolute atomic E-state index is 0.00415. The van der Waals surface area contributed by atoms with Crippen LogP contribution in [0.15, 0.2) is 18.3 Å². The molecule has 1 N–H and O–H groups in total. The number of likely N-dealkylation sites (tertiary alicyclic amines) is 1. The Morgan fingerprint density at radius 1 is 1.36 bits per heavy atom. The van der Waals surface area contributed by atoms with Crippen molar-refractivity contribution in [2.45, 2.75) is 50.7 Å². The van der Waals surface area contributed by atoms with Crippen molar-refractivity contribution < 1.29 is 14.6 Å². The number of nitrogens with zero attached hydrogens (tertiary/aromatic N) is 2. The Morgan fingerprint density at radius 2 is 2.09 bits per heavy atom. The zero-order valence-corrected chi connectivity index (χ0v) is 13.3. The van der Waals surface area contributed by atoms with E-state index in [0.29, 0.717) is 38.2 Å². The van der Waals surface area contributed by atoms with Crippen LogP contribution in [0.25, 0.3) is 0 Å². The zero-order valence-electron chi connectivity index (χ0n) is 13.3. The Hall–Kier alpha value is -1.46. The maximum Gasteiger partial charge on any atom is 0.272 e. The molecule has 120 valence electrons. The summed E-state index contributed by atoms with van der Waals surface area (Å²) in [6.07, 6.45) is 4.56. The van der Waals surface area contributed by atoms with E-state index in [9.17, 15) is 9.90 Å². The molecule has 0 bridgehead atoms. The second-order valence-corrected chi connectivity index (χ2v) is 6.92. The molecule has 1 atom stereocenters. The SMILES string of the molecule is Cc1cccnc1C(=O)N1CCC2(CC1)CC(C)(O)CCO2. The van der Waals surface area contributed by atoms with Crippen molar-refractivity contribution in [1.82, 2.24) is 9.88 Å². The van der Waals surface area contributed by atoms with Crippen molar-refractivity contribution >= 4 is 5.91 Å². The molecule has 2 aliphatic heterocycles. The van der Waals surface area contributed by atoms with Crippen molar-refractivity contribution in [2.24, 2.45) is 0 Å². The minimum atomic E-state index is -0.651. The lowest BCUT2D eigenvalue weighted by molar-refractivity contribution is -0.170. The van der Waals surface area contributed by atoms with Crippen LogP contribution in [0.3, 0.4) is 0 Å². The average molecular weight is 304 g/mol. The lowest BCUT2D eigenvalue weighted by Gasteiger charge is -2.48. The van der Waals surface area contributed by atoms with Gasteiger partial charge in [-0.3, -0.25) is 9.78 Å². The number of aryl methyl sites for hydroxylation is 1. The molecule has 1 amide bonds. The number of aromatic nitrogens is 1. The van der Waals surface area contributed by atoms with Gasteiger partial charge >= 0.3 is 0 Å². The van der Waals surface area contributed by atoms with Gasteiger partial charge in [0.25, 0.3) is 5.91 Å². The van der Waals surface area contributed by atoms with Gasteiger partial charge in [0.2, 0.25) is 0 Å². The normalized spacial score (nSPS) is 27.9. The lowest BCUT2D eigenvalue weighted by Crippen LogP contribution is -2.54. The zero-order chi connectivity index (χ0) is 15.8. The molecule has 0 radical (unpaired) electrons.